The lowest BCUT2D eigenvalue weighted by molar-refractivity contribution is -0.139. The fraction of sp³-hybridized carbons (Fsp3) is 0.292. The second-order valence-electron chi connectivity index (χ2n) is 7.32. The first-order chi connectivity index (χ1) is 14.9. The summed E-state index contributed by atoms with van der Waals surface area (Å²) in [6, 6.07) is 16.9. The number of hydrogen-bond acceptors (Lipinski definition) is 4. The van der Waals surface area contributed by atoms with E-state index in [0.29, 0.717) is 35.8 Å². The molecule has 1 amide bonds. The third-order valence-electron chi connectivity index (χ3n) is 5.26. The number of benzene rings is 2. The molecule has 2 aromatic carbocycles. The van der Waals surface area contributed by atoms with Gasteiger partial charge in [-0.1, -0.05) is 42.5 Å². The lowest BCUT2D eigenvalue weighted by atomic mass is 9.95. The van der Waals surface area contributed by atoms with Crippen LogP contribution in [0.2, 0.25) is 0 Å². The van der Waals surface area contributed by atoms with Crippen LogP contribution in [0, 0.1) is 0 Å². The van der Waals surface area contributed by atoms with Crippen molar-refractivity contribution in [2.24, 2.45) is 0 Å². The van der Waals surface area contributed by atoms with Gasteiger partial charge in [0.25, 0.3) is 0 Å². The van der Waals surface area contributed by atoms with Crippen LogP contribution < -0.4 is 10.6 Å². The number of hydrogen-bond donors (Lipinski definition) is 2. The molecule has 2 N–H and O–H groups in total. The van der Waals surface area contributed by atoms with Gasteiger partial charge >= 0.3 is 5.97 Å². The molecule has 1 unspecified atom stereocenters. The number of allylic oxidation sites excluding steroid dienone is 1. The van der Waals surface area contributed by atoms with E-state index in [4.69, 9.17) is 17.0 Å². The normalized spacial score (nSPS) is 16.0. The Morgan fingerprint density at radius 3 is 2.45 bits per heavy atom. The summed E-state index contributed by atoms with van der Waals surface area (Å²) in [6.45, 7) is 3.93. The standard InChI is InChI=1S/C24H27N3O3S/c1-4-30-23(29)21-16(2)27(3)24(31)26-22(21)18-11-13-19(14-12-18)25-20(28)15-10-17-8-6-5-7-9-17/h5-9,11-14,22H,4,10,15H2,1-3H3,(H,25,28)(H,26,31). The largest absolute Gasteiger partial charge is 0.463 e. The molecule has 0 saturated heterocycles. The van der Waals surface area contributed by atoms with Gasteiger partial charge in [-0.2, -0.15) is 0 Å². The number of amides is 1. The van der Waals surface area contributed by atoms with Crippen molar-refractivity contribution in [3.8, 4) is 0 Å². The van der Waals surface area contributed by atoms with Crippen LogP contribution in [0.3, 0.4) is 0 Å². The summed E-state index contributed by atoms with van der Waals surface area (Å²) in [5.74, 6) is -0.414. The van der Waals surface area contributed by atoms with Crippen molar-refractivity contribution in [2.75, 3.05) is 19.0 Å². The van der Waals surface area contributed by atoms with Crippen LogP contribution in [0.15, 0.2) is 65.9 Å². The molecule has 0 fully saturated rings. The number of aryl methyl sites for hydroxylation is 1. The number of ether oxygens (including phenoxy) is 1. The van der Waals surface area contributed by atoms with Crippen molar-refractivity contribution in [2.45, 2.75) is 32.7 Å². The Morgan fingerprint density at radius 1 is 1.13 bits per heavy atom. The first kappa shape index (κ1) is 22.5. The van der Waals surface area contributed by atoms with E-state index in [1.54, 1.807) is 11.8 Å². The fourth-order valence-corrected chi connectivity index (χ4v) is 3.70. The average molecular weight is 438 g/mol. The van der Waals surface area contributed by atoms with E-state index in [1.165, 1.54) is 0 Å². The zero-order valence-corrected chi connectivity index (χ0v) is 18.8. The second-order valence-corrected chi connectivity index (χ2v) is 7.70. The highest BCUT2D eigenvalue weighted by Crippen LogP contribution is 2.31. The van der Waals surface area contributed by atoms with Gasteiger partial charge in [0, 0.05) is 24.9 Å². The molecule has 1 aliphatic rings. The molecule has 7 heteroatoms. The fourth-order valence-electron chi connectivity index (χ4n) is 3.44. The van der Waals surface area contributed by atoms with E-state index in [2.05, 4.69) is 10.6 Å². The molecule has 31 heavy (non-hydrogen) atoms. The number of rotatable bonds is 7. The van der Waals surface area contributed by atoms with Gasteiger partial charge in [-0.25, -0.2) is 4.79 Å². The SMILES string of the molecule is CCOC(=O)C1=C(C)N(C)C(=S)NC1c1ccc(NC(=O)CCc2ccccc2)cc1. The summed E-state index contributed by atoms with van der Waals surface area (Å²) in [7, 11) is 1.81. The van der Waals surface area contributed by atoms with Crippen molar-refractivity contribution in [3.05, 3.63) is 77.0 Å². The molecular weight excluding hydrogens is 410 g/mol. The molecule has 1 atom stereocenters. The van der Waals surface area contributed by atoms with Gasteiger partial charge in [0.15, 0.2) is 5.11 Å². The maximum absolute atomic E-state index is 12.6. The van der Waals surface area contributed by atoms with E-state index in [0.717, 1.165) is 16.8 Å². The molecule has 162 valence electrons. The molecule has 0 spiro atoms. The highest BCUT2D eigenvalue weighted by Gasteiger charge is 2.33. The number of esters is 1. The van der Waals surface area contributed by atoms with Crippen LogP contribution in [-0.4, -0.2) is 35.5 Å². The van der Waals surface area contributed by atoms with Gasteiger partial charge in [-0.3, -0.25) is 4.79 Å². The minimum absolute atomic E-state index is 0.0434. The summed E-state index contributed by atoms with van der Waals surface area (Å²) in [5.41, 5.74) is 3.98. The molecular formula is C24H27N3O3S. The Morgan fingerprint density at radius 2 is 1.81 bits per heavy atom. The Balaban J connectivity index is 1.71. The van der Waals surface area contributed by atoms with Gasteiger partial charge in [-0.05, 0) is 55.7 Å². The maximum atomic E-state index is 12.6. The van der Waals surface area contributed by atoms with Crippen LogP contribution in [0.4, 0.5) is 5.69 Å². The van der Waals surface area contributed by atoms with Gasteiger partial charge in [0.2, 0.25) is 5.91 Å². The molecule has 0 aliphatic carbocycles. The predicted molar refractivity (Wildman–Crippen MR) is 125 cm³/mol. The lowest BCUT2D eigenvalue weighted by Crippen LogP contribution is -2.46. The number of nitrogens with zero attached hydrogens (tertiary/aromatic N) is 1. The smallest absolute Gasteiger partial charge is 0.338 e. The first-order valence-corrected chi connectivity index (χ1v) is 10.7. The molecule has 0 aromatic heterocycles. The number of carbonyl (C=O) groups excluding carboxylic acids is 2. The van der Waals surface area contributed by atoms with Gasteiger partial charge in [-0.15, -0.1) is 0 Å². The van der Waals surface area contributed by atoms with Gasteiger partial charge in [0.1, 0.15) is 0 Å². The summed E-state index contributed by atoms with van der Waals surface area (Å²) >= 11 is 5.41. The Hall–Kier alpha value is -3.19. The number of thiocarbonyl (C=S) groups is 1. The summed E-state index contributed by atoms with van der Waals surface area (Å²) < 4.78 is 5.26. The van der Waals surface area contributed by atoms with E-state index < -0.39 is 6.04 Å². The Kier molecular flexibility index (Phi) is 7.41. The molecule has 6 nitrogen and oxygen atoms in total. The quantitative estimate of drug-likeness (QED) is 0.505. The van der Waals surface area contributed by atoms with Crippen LogP contribution in [0.25, 0.3) is 0 Å². The van der Waals surface area contributed by atoms with Gasteiger partial charge in [0.05, 0.1) is 18.2 Å². The monoisotopic (exact) mass is 437 g/mol. The van der Waals surface area contributed by atoms with Crippen LogP contribution in [0.5, 0.6) is 0 Å². The topological polar surface area (TPSA) is 70.7 Å². The minimum Gasteiger partial charge on any atom is -0.463 e. The Bertz CT molecular complexity index is 987. The lowest BCUT2D eigenvalue weighted by Gasteiger charge is -2.35. The zero-order valence-electron chi connectivity index (χ0n) is 18.0. The molecule has 1 heterocycles. The Labute approximate surface area is 188 Å². The van der Waals surface area contributed by atoms with Crippen LogP contribution >= 0.6 is 12.2 Å². The van der Waals surface area contributed by atoms with E-state index in [9.17, 15) is 9.59 Å². The number of carbonyl (C=O) groups is 2. The van der Waals surface area contributed by atoms with Crippen LogP contribution in [0.1, 0.15) is 37.4 Å². The van der Waals surface area contributed by atoms with Gasteiger partial charge < -0.3 is 20.3 Å². The average Bonchev–Trinajstić information content (AvgIpc) is 2.77. The predicted octanol–water partition coefficient (Wildman–Crippen LogP) is 3.96. The summed E-state index contributed by atoms with van der Waals surface area (Å²) in [4.78, 5) is 26.7. The first-order valence-electron chi connectivity index (χ1n) is 10.3. The van der Waals surface area contributed by atoms with E-state index >= 15 is 0 Å². The highest BCUT2D eigenvalue weighted by molar-refractivity contribution is 7.80. The molecule has 0 saturated carbocycles. The van der Waals surface area contributed by atoms with Crippen molar-refractivity contribution in [1.82, 2.24) is 10.2 Å². The molecule has 2 aromatic rings. The number of nitrogens with one attached hydrogen (secondary N) is 2. The van der Waals surface area contributed by atoms with Crippen molar-refractivity contribution in [3.63, 3.8) is 0 Å². The summed E-state index contributed by atoms with van der Waals surface area (Å²) in [6.07, 6.45) is 1.10. The molecule has 0 bridgehead atoms. The van der Waals surface area contributed by atoms with Crippen molar-refractivity contribution < 1.29 is 14.3 Å². The van der Waals surface area contributed by atoms with Crippen molar-refractivity contribution in [1.29, 1.82) is 0 Å². The molecule has 3 rings (SSSR count). The highest BCUT2D eigenvalue weighted by atomic mass is 32.1. The maximum Gasteiger partial charge on any atom is 0.338 e. The third-order valence-corrected chi connectivity index (χ3v) is 5.65. The second kappa shape index (κ2) is 10.2. The molecule has 0 radical (unpaired) electrons. The third kappa shape index (κ3) is 5.49. The zero-order chi connectivity index (χ0) is 22.4. The van der Waals surface area contributed by atoms with E-state index in [-0.39, 0.29) is 11.9 Å². The molecule has 1 aliphatic heterocycles. The van der Waals surface area contributed by atoms with Crippen molar-refractivity contribution >= 4 is 34.9 Å². The van der Waals surface area contributed by atoms with Crippen LogP contribution in [-0.2, 0) is 20.7 Å². The minimum atomic E-state index is -0.411. The van der Waals surface area contributed by atoms with E-state index in [1.807, 2.05) is 68.6 Å². The summed E-state index contributed by atoms with van der Waals surface area (Å²) in [5, 5.41) is 6.67. The number of anilines is 1.